The van der Waals surface area contributed by atoms with E-state index in [0.29, 0.717) is 24.7 Å². The Morgan fingerprint density at radius 2 is 1.92 bits per heavy atom. The molecule has 0 radical (unpaired) electrons. The molecule has 2 aliphatic rings. The van der Waals surface area contributed by atoms with Gasteiger partial charge in [-0.2, -0.15) is 0 Å². The van der Waals surface area contributed by atoms with Crippen molar-refractivity contribution in [3.8, 4) is 5.75 Å². The van der Waals surface area contributed by atoms with Crippen molar-refractivity contribution in [2.24, 2.45) is 11.8 Å². The smallest absolute Gasteiger partial charge is 0.220 e. The van der Waals surface area contributed by atoms with Crippen molar-refractivity contribution in [3.05, 3.63) is 29.8 Å². The van der Waals surface area contributed by atoms with Gasteiger partial charge in [0.1, 0.15) is 5.75 Å². The van der Waals surface area contributed by atoms with E-state index in [1.807, 2.05) is 24.3 Å². The predicted octanol–water partition coefficient (Wildman–Crippen LogP) is 2.58. The summed E-state index contributed by atoms with van der Waals surface area (Å²) in [6, 6.07) is 8.11. The summed E-state index contributed by atoms with van der Waals surface area (Å²) in [6.07, 6.45) is 4.23. The Balaban J connectivity index is 1.53. The molecule has 2 atom stereocenters. The molecule has 2 fully saturated rings. The first-order valence-corrected chi connectivity index (χ1v) is 9.34. The molecule has 0 unspecified atom stereocenters. The van der Waals surface area contributed by atoms with E-state index in [2.05, 4.69) is 5.32 Å². The number of ether oxygens (including phenoxy) is 3. The molecule has 5 nitrogen and oxygen atoms in total. The second kappa shape index (κ2) is 9.20. The molecule has 25 heavy (non-hydrogen) atoms. The van der Waals surface area contributed by atoms with Crippen LogP contribution in [-0.4, -0.2) is 45.5 Å². The largest absolute Gasteiger partial charge is 0.496 e. The SMILES string of the molecule is COc1ccccc1CCC(=O)N[C@H]1CCOC[C@H]1C1CCOCC1. The monoisotopic (exact) mass is 347 g/mol. The normalized spacial score (nSPS) is 24.7. The molecular formula is C20H29NO4. The summed E-state index contributed by atoms with van der Waals surface area (Å²) in [7, 11) is 1.67. The van der Waals surface area contributed by atoms with E-state index >= 15 is 0 Å². The lowest BCUT2D eigenvalue weighted by atomic mass is 9.79. The molecule has 0 spiro atoms. The van der Waals surface area contributed by atoms with E-state index < -0.39 is 0 Å². The predicted molar refractivity (Wildman–Crippen MR) is 95.7 cm³/mol. The summed E-state index contributed by atoms with van der Waals surface area (Å²) in [5.41, 5.74) is 1.08. The second-order valence-electron chi connectivity index (χ2n) is 6.96. The fourth-order valence-electron chi connectivity index (χ4n) is 3.98. The maximum Gasteiger partial charge on any atom is 0.220 e. The van der Waals surface area contributed by atoms with Gasteiger partial charge in [0.15, 0.2) is 0 Å². The Morgan fingerprint density at radius 3 is 2.72 bits per heavy atom. The Hall–Kier alpha value is -1.59. The third-order valence-corrected chi connectivity index (χ3v) is 5.43. The number of hydrogen-bond acceptors (Lipinski definition) is 4. The highest BCUT2D eigenvalue weighted by Gasteiger charge is 2.34. The minimum atomic E-state index is 0.120. The second-order valence-corrected chi connectivity index (χ2v) is 6.96. The summed E-state index contributed by atoms with van der Waals surface area (Å²) in [5.74, 6) is 1.97. The zero-order valence-electron chi connectivity index (χ0n) is 15.0. The molecule has 2 heterocycles. The molecule has 2 saturated heterocycles. The zero-order valence-corrected chi connectivity index (χ0v) is 15.0. The van der Waals surface area contributed by atoms with Crippen LogP contribution in [0.4, 0.5) is 0 Å². The summed E-state index contributed by atoms with van der Waals surface area (Å²) in [5, 5.41) is 3.27. The van der Waals surface area contributed by atoms with Crippen LogP contribution in [0.1, 0.15) is 31.2 Å². The summed E-state index contributed by atoms with van der Waals surface area (Å²) < 4.78 is 16.5. The summed E-state index contributed by atoms with van der Waals surface area (Å²) >= 11 is 0. The Morgan fingerprint density at radius 1 is 1.16 bits per heavy atom. The molecule has 5 heteroatoms. The summed E-state index contributed by atoms with van der Waals surface area (Å²) in [6.45, 7) is 3.14. The Kier molecular flexibility index (Phi) is 6.70. The molecule has 1 aromatic carbocycles. The van der Waals surface area contributed by atoms with E-state index in [-0.39, 0.29) is 11.9 Å². The van der Waals surface area contributed by atoms with Crippen LogP contribution in [0, 0.1) is 11.8 Å². The number of benzene rings is 1. The van der Waals surface area contributed by atoms with E-state index in [9.17, 15) is 4.79 Å². The third kappa shape index (κ3) is 4.95. The van der Waals surface area contributed by atoms with Gasteiger partial charge in [0.05, 0.1) is 13.7 Å². The van der Waals surface area contributed by atoms with Crippen molar-refractivity contribution in [2.75, 3.05) is 33.5 Å². The van der Waals surface area contributed by atoms with Gasteiger partial charge in [-0.3, -0.25) is 4.79 Å². The average molecular weight is 347 g/mol. The maximum absolute atomic E-state index is 12.5. The van der Waals surface area contributed by atoms with Crippen LogP contribution in [0.5, 0.6) is 5.75 Å². The van der Waals surface area contributed by atoms with Crippen molar-refractivity contribution in [1.82, 2.24) is 5.32 Å². The fraction of sp³-hybridized carbons (Fsp3) is 0.650. The molecule has 0 aromatic heterocycles. The van der Waals surface area contributed by atoms with Crippen LogP contribution in [0.3, 0.4) is 0 Å². The molecule has 1 amide bonds. The lowest BCUT2D eigenvalue weighted by Crippen LogP contribution is -2.49. The number of carbonyl (C=O) groups is 1. The van der Waals surface area contributed by atoms with Crippen LogP contribution < -0.4 is 10.1 Å². The molecule has 3 rings (SSSR count). The number of para-hydroxylation sites is 1. The maximum atomic E-state index is 12.5. The van der Waals surface area contributed by atoms with Gasteiger partial charge in [-0.15, -0.1) is 0 Å². The van der Waals surface area contributed by atoms with Crippen molar-refractivity contribution in [2.45, 2.75) is 38.1 Å². The van der Waals surface area contributed by atoms with Gasteiger partial charge in [0, 0.05) is 38.2 Å². The molecule has 138 valence electrons. The van der Waals surface area contributed by atoms with Crippen LogP contribution in [-0.2, 0) is 20.7 Å². The molecule has 1 aromatic rings. The van der Waals surface area contributed by atoms with Gasteiger partial charge < -0.3 is 19.5 Å². The zero-order chi connectivity index (χ0) is 17.5. The minimum Gasteiger partial charge on any atom is -0.496 e. The number of amides is 1. The van der Waals surface area contributed by atoms with Crippen LogP contribution in [0.2, 0.25) is 0 Å². The highest BCUT2D eigenvalue weighted by Crippen LogP contribution is 2.30. The number of nitrogens with one attached hydrogen (secondary N) is 1. The lowest BCUT2D eigenvalue weighted by Gasteiger charge is -2.39. The van der Waals surface area contributed by atoms with E-state index in [0.717, 1.165) is 57.0 Å². The van der Waals surface area contributed by atoms with Gasteiger partial charge in [-0.1, -0.05) is 18.2 Å². The number of methoxy groups -OCH3 is 1. The number of aryl methyl sites for hydroxylation is 1. The van der Waals surface area contributed by atoms with Crippen LogP contribution in [0.15, 0.2) is 24.3 Å². The van der Waals surface area contributed by atoms with E-state index in [1.165, 1.54) is 0 Å². The summed E-state index contributed by atoms with van der Waals surface area (Å²) in [4.78, 5) is 12.5. The molecular weight excluding hydrogens is 318 g/mol. The van der Waals surface area contributed by atoms with Crippen molar-refractivity contribution >= 4 is 5.91 Å². The topological polar surface area (TPSA) is 56.8 Å². The fourth-order valence-corrected chi connectivity index (χ4v) is 3.98. The highest BCUT2D eigenvalue weighted by molar-refractivity contribution is 5.76. The standard InChI is InChI=1S/C20H29NO4/c1-23-19-5-3-2-4-16(19)6-7-20(22)21-18-10-13-25-14-17(18)15-8-11-24-12-9-15/h2-5,15,17-18H,6-14H2,1H3,(H,21,22)/t17-,18-/m0/s1. The van der Waals surface area contributed by atoms with Gasteiger partial charge in [0.2, 0.25) is 5.91 Å². The van der Waals surface area contributed by atoms with Crippen molar-refractivity contribution in [1.29, 1.82) is 0 Å². The molecule has 0 bridgehead atoms. The Bertz CT molecular complexity index is 556. The van der Waals surface area contributed by atoms with Crippen molar-refractivity contribution in [3.63, 3.8) is 0 Å². The van der Waals surface area contributed by atoms with Crippen LogP contribution >= 0.6 is 0 Å². The lowest BCUT2D eigenvalue weighted by molar-refractivity contribution is -0.123. The Labute approximate surface area is 150 Å². The number of hydrogen-bond donors (Lipinski definition) is 1. The highest BCUT2D eigenvalue weighted by atomic mass is 16.5. The first-order valence-electron chi connectivity index (χ1n) is 9.34. The first-order chi connectivity index (χ1) is 12.3. The average Bonchev–Trinajstić information content (AvgIpc) is 2.67. The van der Waals surface area contributed by atoms with Crippen molar-refractivity contribution < 1.29 is 19.0 Å². The molecule has 2 aliphatic heterocycles. The first kappa shape index (κ1) is 18.2. The molecule has 1 N–H and O–H groups in total. The molecule has 0 saturated carbocycles. The third-order valence-electron chi connectivity index (χ3n) is 5.43. The van der Waals surface area contributed by atoms with Gasteiger partial charge in [-0.05, 0) is 43.2 Å². The van der Waals surface area contributed by atoms with Gasteiger partial charge in [-0.25, -0.2) is 0 Å². The molecule has 0 aliphatic carbocycles. The quantitative estimate of drug-likeness (QED) is 0.859. The van der Waals surface area contributed by atoms with Gasteiger partial charge >= 0.3 is 0 Å². The van der Waals surface area contributed by atoms with Crippen LogP contribution in [0.25, 0.3) is 0 Å². The van der Waals surface area contributed by atoms with Gasteiger partial charge in [0.25, 0.3) is 0 Å². The van der Waals surface area contributed by atoms with E-state index in [4.69, 9.17) is 14.2 Å². The minimum absolute atomic E-state index is 0.120. The van der Waals surface area contributed by atoms with E-state index in [1.54, 1.807) is 7.11 Å². The number of carbonyl (C=O) groups excluding carboxylic acids is 1. The number of rotatable bonds is 6.